The molecule has 1 rings (SSSR count). The summed E-state index contributed by atoms with van der Waals surface area (Å²) in [5.41, 5.74) is 6.01. The third-order valence-electron chi connectivity index (χ3n) is 2.56. The molecule has 5 heteroatoms. The molecule has 1 amide bonds. The van der Waals surface area contributed by atoms with Crippen LogP contribution in [0.25, 0.3) is 0 Å². The molecule has 3 N–H and O–H groups in total. The van der Waals surface area contributed by atoms with Crippen LogP contribution in [0.2, 0.25) is 0 Å². The highest BCUT2D eigenvalue weighted by molar-refractivity contribution is 5.64. The molecule has 0 radical (unpaired) electrons. The Bertz CT molecular complexity index is 382. The van der Waals surface area contributed by atoms with Gasteiger partial charge >= 0.3 is 6.09 Å². The molecule has 100 valence electrons. The van der Waals surface area contributed by atoms with E-state index in [1.54, 1.807) is 7.11 Å². The van der Waals surface area contributed by atoms with Crippen LogP contribution in [0.3, 0.4) is 0 Å². The van der Waals surface area contributed by atoms with Gasteiger partial charge in [-0.25, -0.2) is 4.79 Å². The van der Waals surface area contributed by atoms with Crippen LogP contribution < -0.4 is 15.8 Å². The summed E-state index contributed by atoms with van der Waals surface area (Å²) in [4.78, 5) is 10.4. The molecule has 5 nitrogen and oxygen atoms in total. The van der Waals surface area contributed by atoms with E-state index < -0.39 is 6.09 Å². The maximum atomic E-state index is 10.4. The summed E-state index contributed by atoms with van der Waals surface area (Å²) in [6.07, 6.45) is 0.106. The molecule has 0 saturated carbocycles. The lowest BCUT2D eigenvalue weighted by Gasteiger charge is -2.15. The number of benzene rings is 1. The van der Waals surface area contributed by atoms with Gasteiger partial charge < -0.3 is 20.5 Å². The maximum absolute atomic E-state index is 10.4. The molecule has 1 aromatic carbocycles. The third-order valence-corrected chi connectivity index (χ3v) is 2.56. The van der Waals surface area contributed by atoms with Crippen LogP contribution in [0, 0.1) is 0 Å². The molecule has 0 spiro atoms. The van der Waals surface area contributed by atoms with E-state index in [-0.39, 0.29) is 12.6 Å². The van der Waals surface area contributed by atoms with Gasteiger partial charge in [0.05, 0.1) is 7.11 Å². The van der Waals surface area contributed by atoms with Crippen molar-refractivity contribution in [1.29, 1.82) is 0 Å². The summed E-state index contributed by atoms with van der Waals surface area (Å²) >= 11 is 0. The second-order valence-electron chi connectivity index (χ2n) is 4.04. The van der Waals surface area contributed by atoms with Gasteiger partial charge in [0.2, 0.25) is 0 Å². The molecule has 0 saturated heterocycles. The lowest BCUT2D eigenvalue weighted by molar-refractivity contribution is 0.156. The van der Waals surface area contributed by atoms with E-state index in [1.165, 1.54) is 0 Å². The number of para-hydroxylation sites is 1. The standard InChI is InChI=1S/C13H20N2O3/c1-10(15-7-8-18-13(14)16)9-11-5-3-4-6-12(11)17-2/h3-6,10,15H,7-9H2,1-2H3,(H2,14,16). The quantitative estimate of drug-likeness (QED) is 0.718. The van der Waals surface area contributed by atoms with Crippen molar-refractivity contribution in [2.75, 3.05) is 20.3 Å². The second-order valence-corrected chi connectivity index (χ2v) is 4.04. The van der Waals surface area contributed by atoms with Crippen molar-refractivity contribution in [3.63, 3.8) is 0 Å². The Morgan fingerprint density at radius 3 is 2.83 bits per heavy atom. The van der Waals surface area contributed by atoms with E-state index in [9.17, 15) is 4.79 Å². The molecule has 0 aliphatic carbocycles. The van der Waals surface area contributed by atoms with Gasteiger partial charge in [-0.05, 0) is 25.0 Å². The fourth-order valence-electron chi connectivity index (χ4n) is 1.73. The molecular formula is C13H20N2O3. The van der Waals surface area contributed by atoms with Crippen molar-refractivity contribution in [3.8, 4) is 5.75 Å². The topological polar surface area (TPSA) is 73.6 Å². The van der Waals surface area contributed by atoms with E-state index >= 15 is 0 Å². The van der Waals surface area contributed by atoms with Gasteiger partial charge in [-0.3, -0.25) is 0 Å². The predicted octanol–water partition coefficient (Wildman–Crippen LogP) is 1.31. The minimum atomic E-state index is -0.741. The van der Waals surface area contributed by atoms with Crippen molar-refractivity contribution >= 4 is 6.09 Å². The number of carbonyl (C=O) groups excluding carboxylic acids is 1. The first-order valence-corrected chi connectivity index (χ1v) is 5.91. The number of primary amides is 1. The Morgan fingerprint density at radius 1 is 1.44 bits per heavy atom. The Hall–Kier alpha value is -1.75. The third kappa shape index (κ3) is 5.05. The van der Waals surface area contributed by atoms with Gasteiger partial charge in [0, 0.05) is 12.6 Å². The highest BCUT2D eigenvalue weighted by Gasteiger charge is 2.07. The molecular weight excluding hydrogens is 232 g/mol. The molecule has 0 aliphatic rings. The zero-order chi connectivity index (χ0) is 13.4. The van der Waals surface area contributed by atoms with Crippen LogP contribution in [0.4, 0.5) is 4.79 Å². The van der Waals surface area contributed by atoms with E-state index in [0.717, 1.165) is 17.7 Å². The van der Waals surface area contributed by atoms with Gasteiger partial charge in [-0.1, -0.05) is 18.2 Å². The number of hydrogen-bond donors (Lipinski definition) is 2. The minimum absolute atomic E-state index is 0.262. The Labute approximate surface area is 107 Å². The zero-order valence-electron chi connectivity index (χ0n) is 10.8. The molecule has 0 heterocycles. The number of methoxy groups -OCH3 is 1. The fraction of sp³-hybridized carbons (Fsp3) is 0.462. The summed E-state index contributed by atoms with van der Waals surface area (Å²) in [6.45, 7) is 2.93. The molecule has 0 aliphatic heterocycles. The maximum Gasteiger partial charge on any atom is 0.404 e. The van der Waals surface area contributed by atoms with Gasteiger partial charge in [0.25, 0.3) is 0 Å². The monoisotopic (exact) mass is 252 g/mol. The Kier molecular flexibility index (Phi) is 6.00. The Morgan fingerprint density at radius 2 is 2.17 bits per heavy atom. The van der Waals surface area contributed by atoms with Gasteiger partial charge in [-0.15, -0.1) is 0 Å². The van der Waals surface area contributed by atoms with E-state index in [2.05, 4.69) is 17.0 Å². The van der Waals surface area contributed by atoms with Crippen molar-refractivity contribution < 1.29 is 14.3 Å². The number of nitrogens with two attached hydrogens (primary N) is 1. The molecule has 1 unspecified atom stereocenters. The van der Waals surface area contributed by atoms with Crippen LogP contribution in [0.5, 0.6) is 5.75 Å². The largest absolute Gasteiger partial charge is 0.496 e. The van der Waals surface area contributed by atoms with Crippen LogP contribution in [-0.4, -0.2) is 32.4 Å². The molecule has 1 aromatic rings. The number of nitrogens with one attached hydrogen (secondary N) is 1. The number of amides is 1. The van der Waals surface area contributed by atoms with E-state index in [0.29, 0.717) is 6.54 Å². The summed E-state index contributed by atoms with van der Waals surface area (Å²) in [5, 5.41) is 3.25. The smallest absolute Gasteiger partial charge is 0.404 e. The van der Waals surface area contributed by atoms with Crippen molar-refractivity contribution in [2.45, 2.75) is 19.4 Å². The first-order valence-electron chi connectivity index (χ1n) is 5.91. The van der Waals surface area contributed by atoms with Crippen LogP contribution in [0.15, 0.2) is 24.3 Å². The lowest BCUT2D eigenvalue weighted by atomic mass is 10.1. The van der Waals surface area contributed by atoms with Crippen LogP contribution in [0.1, 0.15) is 12.5 Å². The highest BCUT2D eigenvalue weighted by Crippen LogP contribution is 2.18. The zero-order valence-corrected chi connectivity index (χ0v) is 10.8. The highest BCUT2D eigenvalue weighted by atomic mass is 16.5. The van der Waals surface area contributed by atoms with Crippen molar-refractivity contribution in [3.05, 3.63) is 29.8 Å². The number of ether oxygens (including phenoxy) is 2. The fourth-order valence-corrected chi connectivity index (χ4v) is 1.73. The average molecular weight is 252 g/mol. The summed E-state index contributed by atoms with van der Waals surface area (Å²) < 4.78 is 9.93. The molecule has 0 aromatic heterocycles. The molecule has 1 atom stereocenters. The SMILES string of the molecule is COc1ccccc1CC(C)NCCOC(N)=O. The second kappa shape index (κ2) is 7.55. The molecule has 18 heavy (non-hydrogen) atoms. The predicted molar refractivity (Wildman–Crippen MR) is 69.7 cm³/mol. The van der Waals surface area contributed by atoms with Crippen LogP contribution in [-0.2, 0) is 11.2 Å². The average Bonchev–Trinajstić information content (AvgIpc) is 2.35. The van der Waals surface area contributed by atoms with Gasteiger partial charge in [-0.2, -0.15) is 0 Å². The van der Waals surface area contributed by atoms with Crippen molar-refractivity contribution in [1.82, 2.24) is 5.32 Å². The van der Waals surface area contributed by atoms with Crippen molar-refractivity contribution in [2.24, 2.45) is 5.73 Å². The van der Waals surface area contributed by atoms with Crippen LogP contribution >= 0.6 is 0 Å². The first-order chi connectivity index (χ1) is 8.63. The van der Waals surface area contributed by atoms with Gasteiger partial charge in [0.1, 0.15) is 12.4 Å². The Balaban J connectivity index is 2.35. The normalized spacial score (nSPS) is 11.9. The number of rotatable bonds is 7. The number of carbonyl (C=O) groups is 1. The summed E-state index contributed by atoms with van der Waals surface area (Å²) in [7, 11) is 1.66. The first kappa shape index (κ1) is 14.3. The minimum Gasteiger partial charge on any atom is -0.496 e. The molecule has 0 bridgehead atoms. The summed E-state index contributed by atoms with van der Waals surface area (Å²) in [5.74, 6) is 0.888. The summed E-state index contributed by atoms with van der Waals surface area (Å²) in [6, 6.07) is 8.18. The van der Waals surface area contributed by atoms with E-state index in [1.807, 2.05) is 24.3 Å². The van der Waals surface area contributed by atoms with Gasteiger partial charge in [0.15, 0.2) is 0 Å². The van der Waals surface area contributed by atoms with E-state index in [4.69, 9.17) is 10.5 Å². The molecule has 0 fully saturated rings. The lowest BCUT2D eigenvalue weighted by Crippen LogP contribution is -2.32. The number of hydrogen-bond acceptors (Lipinski definition) is 4.